The predicted molar refractivity (Wildman–Crippen MR) is 107 cm³/mol. The molecule has 0 bridgehead atoms. The molecule has 5 nitrogen and oxygen atoms in total. The summed E-state index contributed by atoms with van der Waals surface area (Å²) in [4.78, 5) is 27.9. The number of nitrogens with zero attached hydrogens (tertiary/aromatic N) is 1. The van der Waals surface area contributed by atoms with E-state index in [0.717, 1.165) is 44.3 Å². The molecule has 1 fully saturated rings. The quantitative estimate of drug-likeness (QED) is 0.773. The Hall–Kier alpha value is -1.59. The smallest absolute Gasteiger partial charge is 0.231 e. The van der Waals surface area contributed by atoms with Gasteiger partial charge >= 0.3 is 0 Å². The first-order valence-electron chi connectivity index (χ1n) is 9.46. The van der Waals surface area contributed by atoms with Gasteiger partial charge in [-0.1, -0.05) is 31.0 Å². The molecule has 1 aliphatic heterocycles. The normalized spacial score (nSPS) is 24.5. The number of anilines is 1. The lowest BCUT2D eigenvalue weighted by atomic mass is 9.77. The number of fused-ring (bicyclic) bond motifs is 1. The second-order valence-electron chi connectivity index (χ2n) is 7.28. The van der Waals surface area contributed by atoms with E-state index in [-0.39, 0.29) is 42.1 Å². The minimum absolute atomic E-state index is 0. The van der Waals surface area contributed by atoms with Crippen molar-refractivity contribution in [2.24, 2.45) is 11.8 Å². The summed E-state index contributed by atoms with van der Waals surface area (Å²) in [6.45, 7) is 3.45. The Kier molecular flexibility index (Phi) is 7.47. The van der Waals surface area contributed by atoms with Crippen molar-refractivity contribution in [3.63, 3.8) is 0 Å². The molecular formula is C20H30ClN3O2. The molecule has 0 saturated heterocycles. The van der Waals surface area contributed by atoms with Gasteiger partial charge in [0.15, 0.2) is 0 Å². The number of hydrogen-bond donors (Lipinski definition) is 2. The number of likely N-dealkylation sites (N-methyl/N-ethyl adjacent to an activating group) is 1. The largest absolute Gasteiger partial charge is 0.355 e. The van der Waals surface area contributed by atoms with E-state index in [0.29, 0.717) is 6.54 Å². The first kappa shape index (κ1) is 20.7. The number of benzene rings is 1. The Bertz CT molecular complexity index is 637. The summed E-state index contributed by atoms with van der Waals surface area (Å²) in [5, 5.41) is 6.02. The topological polar surface area (TPSA) is 61.4 Å². The van der Waals surface area contributed by atoms with Crippen LogP contribution < -0.4 is 15.5 Å². The van der Waals surface area contributed by atoms with Gasteiger partial charge in [0, 0.05) is 30.7 Å². The Morgan fingerprint density at radius 2 is 1.81 bits per heavy atom. The molecule has 3 rings (SSSR count). The van der Waals surface area contributed by atoms with Crippen LogP contribution in [0, 0.1) is 11.8 Å². The van der Waals surface area contributed by atoms with Crippen LogP contribution in [0.2, 0.25) is 0 Å². The highest BCUT2D eigenvalue weighted by molar-refractivity contribution is 6.00. The van der Waals surface area contributed by atoms with Crippen LogP contribution in [0.25, 0.3) is 0 Å². The van der Waals surface area contributed by atoms with E-state index in [2.05, 4.69) is 23.6 Å². The Morgan fingerprint density at radius 3 is 2.54 bits per heavy atom. The predicted octanol–water partition coefficient (Wildman–Crippen LogP) is 2.53. The van der Waals surface area contributed by atoms with E-state index in [4.69, 9.17) is 0 Å². The minimum atomic E-state index is -0.197. The molecule has 26 heavy (non-hydrogen) atoms. The van der Waals surface area contributed by atoms with Gasteiger partial charge in [0.05, 0.1) is 5.92 Å². The number of para-hydroxylation sites is 1. The van der Waals surface area contributed by atoms with Gasteiger partial charge in [0.25, 0.3) is 0 Å². The second-order valence-corrected chi connectivity index (χ2v) is 7.28. The number of hydrogen-bond acceptors (Lipinski definition) is 3. The third-order valence-corrected chi connectivity index (χ3v) is 5.54. The van der Waals surface area contributed by atoms with E-state index in [1.54, 1.807) is 0 Å². The average molecular weight is 380 g/mol. The highest BCUT2D eigenvalue weighted by atomic mass is 35.5. The molecule has 1 saturated carbocycles. The number of amides is 2. The maximum atomic E-state index is 13.4. The van der Waals surface area contributed by atoms with Crippen LogP contribution in [-0.4, -0.2) is 38.0 Å². The molecule has 1 heterocycles. The summed E-state index contributed by atoms with van der Waals surface area (Å²) in [7, 11) is 1.87. The number of nitrogens with one attached hydrogen (secondary N) is 2. The van der Waals surface area contributed by atoms with E-state index in [1.165, 1.54) is 5.56 Å². The van der Waals surface area contributed by atoms with Gasteiger partial charge in [0.2, 0.25) is 11.8 Å². The van der Waals surface area contributed by atoms with E-state index in [1.807, 2.05) is 30.1 Å². The number of carbonyl (C=O) groups excluding carboxylic acids is 2. The molecule has 3 unspecified atom stereocenters. The highest BCUT2D eigenvalue weighted by Gasteiger charge is 2.41. The van der Waals surface area contributed by atoms with Crippen molar-refractivity contribution in [3.8, 4) is 0 Å². The molecule has 2 aliphatic rings. The third-order valence-electron chi connectivity index (χ3n) is 5.54. The summed E-state index contributed by atoms with van der Waals surface area (Å²) in [5.41, 5.74) is 2.26. The molecule has 2 amide bonds. The van der Waals surface area contributed by atoms with Crippen molar-refractivity contribution in [1.29, 1.82) is 0 Å². The molecule has 6 heteroatoms. The van der Waals surface area contributed by atoms with Crippen molar-refractivity contribution in [3.05, 3.63) is 29.8 Å². The van der Waals surface area contributed by atoms with Gasteiger partial charge in [-0.3, -0.25) is 9.59 Å². The van der Waals surface area contributed by atoms with Crippen LogP contribution in [0.1, 0.15) is 38.2 Å². The summed E-state index contributed by atoms with van der Waals surface area (Å²) in [6.07, 6.45) is 4.58. The molecule has 3 atom stereocenters. The van der Waals surface area contributed by atoms with Crippen molar-refractivity contribution >= 4 is 29.9 Å². The number of rotatable bonds is 5. The zero-order valence-electron chi connectivity index (χ0n) is 15.7. The first-order valence-corrected chi connectivity index (χ1v) is 9.46. The SMILES string of the molecule is CNCCNC(=O)C1CCCCC1C(=O)N1c2ccccc2CC1C.Cl. The van der Waals surface area contributed by atoms with Crippen molar-refractivity contribution in [1.82, 2.24) is 10.6 Å². The summed E-state index contributed by atoms with van der Waals surface area (Å²) in [6, 6.07) is 8.31. The fourth-order valence-electron chi connectivity index (χ4n) is 4.26. The molecule has 1 aliphatic carbocycles. The van der Waals surface area contributed by atoms with Gasteiger partial charge in [-0.2, -0.15) is 0 Å². The molecule has 1 aromatic carbocycles. The number of carbonyl (C=O) groups is 2. The maximum Gasteiger partial charge on any atom is 0.231 e. The maximum absolute atomic E-state index is 13.4. The van der Waals surface area contributed by atoms with Crippen LogP contribution in [0.4, 0.5) is 5.69 Å². The Balaban J connectivity index is 0.00000243. The lowest BCUT2D eigenvalue weighted by Crippen LogP contribution is -2.47. The van der Waals surface area contributed by atoms with Gasteiger partial charge in [0.1, 0.15) is 0 Å². The third kappa shape index (κ3) is 4.21. The zero-order valence-corrected chi connectivity index (χ0v) is 16.5. The Morgan fingerprint density at radius 1 is 1.12 bits per heavy atom. The van der Waals surface area contributed by atoms with Crippen LogP contribution in [-0.2, 0) is 16.0 Å². The van der Waals surface area contributed by atoms with Gasteiger partial charge < -0.3 is 15.5 Å². The summed E-state index contributed by atoms with van der Waals surface area (Å²) < 4.78 is 0. The minimum Gasteiger partial charge on any atom is -0.355 e. The van der Waals surface area contributed by atoms with E-state index >= 15 is 0 Å². The second kappa shape index (κ2) is 9.38. The zero-order chi connectivity index (χ0) is 17.8. The summed E-state index contributed by atoms with van der Waals surface area (Å²) >= 11 is 0. The molecule has 144 valence electrons. The van der Waals surface area contributed by atoms with E-state index in [9.17, 15) is 9.59 Å². The molecular weight excluding hydrogens is 350 g/mol. The van der Waals surface area contributed by atoms with Crippen molar-refractivity contribution in [2.75, 3.05) is 25.0 Å². The number of halogens is 1. The van der Waals surface area contributed by atoms with Gasteiger partial charge in [-0.15, -0.1) is 12.4 Å². The van der Waals surface area contributed by atoms with Crippen molar-refractivity contribution in [2.45, 2.75) is 45.1 Å². The lowest BCUT2D eigenvalue weighted by molar-refractivity contribution is -0.135. The fraction of sp³-hybridized carbons (Fsp3) is 0.600. The van der Waals surface area contributed by atoms with Crippen LogP contribution in [0.5, 0.6) is 0 Å². The lowest BCUT2D eigenvalue weighted by Gasteiger charge is -2.34. The van der Waals surface area contributed by atoms with Gasteiger partial charge in [-0.05, 0) is 44.9 Å². The monoisotopic (exact) mass is 379 g/mol. The van der Waals surface area contributed by atoms with Crippen molar-refractivity contribution < 1.29 is 9.59 Å². The standard InChI is InChI=1S/C20H29N3O2.ClH/c1-14-13-15-7-3-6-10-18(15)23(14)20(25)17-9-5-4-8-16(17)19(24)22-12-11-21-2;/h3,6-7,10,14,16-17,21H,4-5,8-9,11-13H2,1-2H3,(H,22,24);1H. The van der Waals surface area contributed by atoms with Crippen LogP contribution in [0.15, 0.2) is 24.3 Å². The Labute approximate surface area is 162 Å². The van der Waals surface area contributed by atoms with E-state index < -0.39 is 0 Å². The average Bonchev–Trinajstić information content (AvgIpc) is 2.97. The molecule has 1 aromatic rings. The fourth-order valence-corrected chi connectivity index (χ4v) is 4.26. The van der Waals surface area contributed by atoms with Crippen LogP contribution >= 0.6 is 12.4 Å². The first-order chi connectivity index (χ1) is 12.1. The highest BCUT2D eigenvalue weighted by Crippen LogP contribution is 2.37. The molecule has 0 radical (unpaired) electrons. The van der Waals surface area contributed by atoms with Crippen LogP contribution in [0.3, 0.4) is 0 Å². The molecule has 0 spiro atoms. The molecule has 2 N–H and O–H groups in total. The summed E-state index contributed by atoms with van der Waals surface area (Å²) in [5.74, 6) is -0.227. The molecule has 0 aromatic heterocycles. The van der Waals surface area contributed by atoms with Gasteiger partial charge in [-0.25, -0.2) is 0 Å².